The molecule has 18 nitrogen and oxygen atoms in total. The Kier molecular flexibility index (Phi) is 21.6. The Morgan fingerprint density at radius 2 is 0.733 bits per heavy atom. The minimum atomic E-state index is -0.724. The Hall–Kier alpha value is -11.2. The third-order valence-electron chi connectivity index (χ3n) is 19.3. The molecular formula is C83H85N9O9. The summed E-state index contributed by atoms with van der Waals surface area (Å²) in [6.07, 6.45) is 13.4. The minimum Gasteiger partial charge on any atom is -0.503 e. The largest absolute Gasteiger partial charge is 0.503 e. The molecule has 18 heteroatoms. The Morgan fingerprint density at radius 3 is 1.06 bits per heavy atom. The molecule has 0 amide bonds. The molecule has 6 aromatic heterocycles. The van der Waals surface area contributed by atoms with Crippen LogP contribution >= 0.6 is 0 Å². The van der Waals surface area contributed by atoms with Gasteiger partial charge in [-0.3, -0.25) is 19.2 Å². The highest BCUT2D eigenvalue weighted by molar-refractivity contribution is 5.75. The summed E-state index contributed by atoms with van der Waals surface area (Å²) >= 11 is 0. The first-order valence-corrected chi connectivity index (χ1v) is 34.4. The maximum Gasteiger partial charge on any atom is 0.224 e. The van der Waals surface area contributed by atoms with Crippen molar-refractivity contribution in [2.24, 2.45) is 0 Å². The number of nitrogens with zero attached hydrogens (tertiary/aromatic N) is 9. The zero-order valence-corrected chi connectivity index (χ0v) is 56.4. The van der Waals surface area contributed by atoms with Crippen molar-refractivity contribution >= 4 is 6.29 Å². The van der Waals surface area contributed by atoms with Crippen LogP contribution in [0, 0.1) is 0 Å². The smallest absolute Gasteiger partial charge is 0.224 e. The average Bonchev–Trinajstić information content (AvgIpc) is 1.73. The van der Waals surface area contributed by atoms with Gasteiger partial charge in [-0.25, -0.2) is 15.0 Å². The van der Waals surface area contributed by atoms with Crippen LogP contribution in [0.5, 0.6) is 17.2 Å². The van der Waals surface area contributed by atoms with Crippen LogP contribution in [0.2, 0.25) is 0 Å². The van der Waals surface area contributed by atoms with E-state index >= 15 is 0 Å². The van der Waals surface area contributed by atoms with E-state index in [4.69, 9.17) is 9.47 Å². The summed E-state index contributed by atoms with van der Waals surface area (Å²) in [6.45, 7) is 10.2. The molecule has 15 rings (SSSR count). The number of benzene rings is 6. The summed E-state index contributed by atoms with van der Waals surface area (Å²) in [5.74, 6) is 1.99. The van der Waals surface area contributed by atoms with Gasteiger partial charge in [-0.05, 0) is 60.1 Å². The number of rotatable bonds is 20. The third kappa shape index (κ3) is 14.0. The fraction of sp³-hybridized carbons (Fsp3) is 0.265. The van der Waals surface area contributed by atoms with Gasteiger partial charge < -0.3 is 52.2 Å². The predicted molar refractivity (Wildman–Crippen MR) is 393 cm³/mol. The van der Waals surface area contributed by atoms with Gasteiger partial charge in [0, 0.05) is 74.2 Å². The monoisotopic (exact) mass is 1350 g/mol. The van der Waals surface area contributed by atoms with Gasteiger partial charge in [-0.1, -0.05) is 216 Å². The van der Waals surface area contributed by atoms with Crippen LogP contribution in [-0.2, 0) is 19.6 Å². The number of hydrogen-bond donors (Lipinski definition) is 3. The number of imidazole rings is 3. The lowest BCUT2D eigenvalue weighted by atomic mass is 9.83. The lowest BCUT2D eigenvalue weighted by Crippen LogP contribution is -2.32. The second-order valence-corrected chi connectivity index (χ2v) is 25.6. The summed E-state index contributed by atoms with van der Waals surface area (Å²) in [6, 6.07) is 66.3. The number of aldehydes is 1. The van der Waals surface area contributed by atoms with E-state index in [1.165, 1.54) is 17.2 Å². The lowest BCUT2D eigenvalue weighted by molar-refractivity contribution is 0.111. The zero-order valence-electron chi connectivity index (χ0n) is 56.4. The van der Waals surface area contributed by atoms with Crippen LogP contribution < -0.4 is 25.8 Å². The van der Waals surface area contributed by atoms with Gasteiger partial charge in [0.05, 0.1) is 73.5 Å². The van der Waals surface area contributed by atoms with E-state index in [0.717, 1.165) is 59.9 Å². The van der Waals surface area contributed by atoms with Crippen molar-refractivity contribution in [3.63, 3.8) is 0 Å². The third-order valence-corrected chi connectivity index (χ3v) is 19.3. The van der Waals surface area contributed by atoms with E-state index in [2.05, 4.69) is 140 Å². The Balaban J connectivity index is 0.000000143. The molecule has 5 atom stereocenters. The Bertz CT molecular complexity index is 4830. The van der Waals surface area contributed by atoms with Crippen molar-refractivity contribution in [1.29, 1.82) is 0 Å². The van der Waals surface area contributed by atoms with Gasteiger partial charge >= 0.3 is 0 Å². The van der Waals surface area contributed by atoms with Gasteiger partial charge in [-0.15, -0.1) is 0 Å². The molecule has 0 saturated carbocycles. The number of aromatic hydroxyl groups is 1. The molecule has 0 saturated heterocycles. The molecule has 9 heterocycles. The van der Waals surface area contributed by atoms with E-state index < -0.39 is 17.6 Å². The molecule has 0 spiro atoms. The van der Waals surface area contributed by atoms with Gasteiger partial charge in [-0.2, -0.15) is 0 Å². The molecule has 101 heavy (non-hydrogen) atoms. The fourth-order valence-electron chi connectivity index (χ4n) is 14.6. The quantitative estimate of drug-likeness (QED) is 0.0480. The van der Waals surface area contributed by atoms with Gasteiger partial charge in [0.25, 0.3) is 0 Å². The van der Waals surface area contributed by atoms with Crippen LogP contribution in [0.1, 0.15) is 164 Å². The molecule has 516 valence electrons. The standard InChI is InChI=1S/C29H31N3O3.C28H27N3O3.C25H23N3O3.CH4/c1-3-4-17-35-28-25(34)15-16-31-24(19-32-23(20(2)33)18-30-29(32)27(28)31)26(21-11-7-5-8-12-21)22-13-9-6-10-14-22;1-2-3-16-34-27-24(33)14-15-30-23(18-31-22(19-32)17-29-28(31)26(27)30)25(20-10-6-4-7-11-20)21-12-8-5-9-13-21;1-16(29)19-14-26-25-23-24(31)21(30)12-13-27(23)20(15-28(19)25)22(17-8-4-2-5-9-17)18-10-6-3-7-11-18;/h5-16,18,20,24,26,33H,3-4,17,19H2,1-2H3;4-15,17,19,23,25H,2-3,16,18H2,1H3;2-14,16,20,22,29,31H,15H2,1H3;1H4/t20?,24-;23-;16?,20-;/m111./s1. The number of aliphatic hydroxyl groups excluding tert-OH is 2. The maximum absolute atomic E-state index is 13.0. The normalized spacial score (nSPS) is 15.2. The molecule has 3 N–H and O–H groups in total. The van der Waals surface area contributed by atoms with E-state index in [0.29, 0.717) is 90.3 Å². The first kappa shape index (κ1) is 69.7. The van der Waals surface area contributed by atoms with Crippen molar-refractivity contribution in [3.05, 3.63) is 319 Å². The number of fused-ring (bicyclic) bond motifs is 9. The van der Waals surface area contributed by atoms with Gasteiger partial charge in [0.1, 0.15) is 22.8 Å². The highest BCUT2D eigenvalue weighted by atomic mass is 16.5. The summed E-state index contributed by atoms with van der Waals surface area (Å²) < 4.78 is 24.2. The summed E-state index contributed by atoms with van der Waals surface area (Å²) in [7, 11) is 0. The van der Waals surface area contributed by atoms with Crippen LogP contribution in [0.25, 0.3) is 34.6 Å². The van der Waals surface area contributed by atoms with Crippen LogP contribution in [-0.4, -0.2) is 77.2 Å². The van der Waals surface area contributed by atoms with Crippen molar-refractivity contribution in [3.8, 4) is 51.8 Å². The van der Waals surface area contributed by atoms with E-state index in [9.17, 15) is 34.5 Å². The van der Waals surface area contributed by atoms with Gasteiger partial charge in [0.15, 0.2) is 41.0 Å². The number of ether oxygens (including phenoxy) is 2. The number of hydrogen-bond acceptors (Lipinski definition) is 12. The van der Waals surface area contributed by atoms with E-state index in [1.54, 1.807) is 50.8 Å². The van der Waals surface area contributed by atoms with Crippen molar-refractivity contribution in [2.75, 3.05) is 13.2 Å². The lowest BCUT2D eigenvalue weighted by Gasteiger charge is -2.37. The fourth-order valence-corrected chi connectivity index (χ4v) is 14.6. The van der Waals surface area contributed by atoms with Crippen molar-refractivity contribution in [1.82, 2.24) is 42.4 Å². The molecule has 3 aliphatic rings. The molecule has 0 fully saturated rings. The molecule has 6 aromatic carbocycles. The van der Waals surface area contributed by atoms with Crippen LogP contribution in [0.3, 0.4) is 0 Å². The first-order chi connectivity index (χ1) is 48.9. The SMILES string of the molecule is C.CC(O)c1cnc2n1C[C@H](C(c1ccccc1)c1ccccc1)n1ccc(=O)c(O)c1-2.CCCCOc1c2n(ccc1=O)[C@@H](C(c1ccccc1)c1ccccc1)Cn1c(C(C)O)cnc1-2.CCCCOc1c2n(ccc1=O)[C@@H](C(c1ccccc1)c1ccccc1)Cn1c(C=O)cnc1-2. The zero-order chi connectivity index (χ0) is 69.4. The van der Waals surface area contributed by atoms with Crippen LogP contribution in [0.4, 0.5) is 0 Å². The van der Waals surface area contributed by atoms with Crippen molar-refractivity contribution < 1.29 is 29.6 Å². The maximum atomic E-state index is 13.0. The van der Waals surface area contributed by atoms with Crippen molar-refractivity contribution in [2.45, 2.75) is 129 Å². The number of unbranched alkanes of at least 4 members (excludes halogenated alkanes) is 2. The van der Waals surface area contributed by atoms with E-state index in [-0.39, 0.29) is 59.9 Å². The molecular weight excluding hydrogens is 1270 g/mol. The summed E-state index contributed by atoms with van der Waals surface area (Å²) in [5.41, 5.74) is 9.72. The number of carbonyl (C=O) groups is 1. The number of aromatic nitrogens is 9. The second-order valence-electron chi connectivity index (χ2n) is 25.6. The van der Waals surface area contributed by atoms with Gasteiger partial charge in [0.2, 0.25) is 16.3 Å². The second kappa shape index (κ2) is 31.3. The summed E-state index contributed by atoms with van der Waals surface area (Å²) in [4.78, 5) is 63.8. The topological polar surface area (TPSA) is 216 Å². The first-order valence-electron chi connectivity index (χ1n) is 34.4. The van der Waals surface area contributed by atoms with Crippen LogP contribution in [0.15, 0.2) is 252 Å². The Morgan fingerprint density at radius 1 is 0.436 bits per heavy atom. The predicted octanol–water partition coefficient (Wildman–Crippen LogP) is 14.9. The molecule has 0 radical (unpaired) electrons. The number of pyridine rings is 3. The highest BCUT2D eigenvalue weighted by Crippen LogP contribution is 2.48. The Labute approximate surface area is 587 Å². The number of carbonyl (C=O) groups excluding carboxylic acids is 1. The summed E-state index contributed by atoms with van der Waals surface area (Å²) in [5, 5.41) is 31.5. The molecule has 0 aliphatic carbocycles. The highest BCUT2D eigenvalue weighted by Gasteiger charge is 2.40. The molecule has 2 unspecified atom stereocenters. The minimum absolute atomic E-state index is 0. The molecule has 0 bridgehead atoms. The average molecular weight is 1350 g/mol. The van der Waals surface area contributed by atoms with E-state index in [1.807, 2.05) is 111 Å². The molecule has 3 aliphatic heterocycles. The molecule has 12 aromatic rings. The number of aliphatic hydroxyl groups is 2.